The largest absolute Gasteiger partial charge is 0.481 e. The summed E-state index contributed by atoms with van der Waals surface area (Å²) < 4.78 is 26.0. The van der Waals surface area contributed by atoms with Crippen molar-refractivity contribution >= 4 is 5.97 Å². The molecule has 3 nitrogen and oxygen atoms in total. The van der Waals surface area contributed by atoms with Gasteiger partial charge in [-0.1, -0.05) is 6.92 Å². The molecule has 1 rings (SSSR count). The van der Waals surface area contributed by atoms with Crippen molar-refractivity contribution < 1.29 is 18.7 Å². The van der Waals surface area contributed by atoms with Crippen molar-refractivity contribution in [3.8, 4) is 0 Å². The molecule has 0 heterocycles. The van der Waals surface area contributed by atoms with Crippen LogP contribution in [-0.4, -0.2) is 17.6 Å². The molecule has 88 valence electrons. The van der Waals surface area contributed by atoms with Crippen molar-refractivity contribution in [2.45, 2.75) is 18.8 Å². The van der Waals surface area contributed by atoms with Crippen molar-refractivity contribution in [3.05, 3.63) is 35.4 Å². The number of carboxylic acids is 1. The van der Waals surface area contributed by atoms with E-state index in [9.17, 15) is 13.6 Å². The molecule has 0 amide bonds. The second-order valence-corrected chi connectivity index (χ2v) is 3.60. The second kappa shape index (κ2) is 4.57. The quantitative estimate of drug-likeness (QED) is 0.825. The van der Waals surface area contributed by atoms with Crippen molar-refractivity contribution in [3.63, 3.8) is 0 Å². The average molecular weight is 229 g/mol. The predicted molar refractivity (Wildman–Crippen MR) is 55.0 cm³/mol. The van der Waals surface area contributed by atoms with E-state index in [1.54, 1.807) is 6.92 Å². The molecule has 0 saturated carbocycles. The van der Waals surface area contributed by atoms with E-state index in [0.717, 1.165) is 12.1 Å². The summed E-state index contributed by atoms with van der Waals surface area (Å²) in [6, 6.07) is 2.71. The number of halogens is 2. The molecule has 0 aliphatic heterocycles. The molecule has 0 saturated heterocycles. The molecule has 5 heteroatoms. The molecule has 0 aliphatic carbocycles. The smallest absolute Gasteiger partial charge is 0.315 e. The highest BCUT2D eigenvalue weighted by molar-refractivity contribution is 5.81. The maximum atomic E-state index is 13.0. The van der Waals surface area contributed by atoms with E-state index in [1.807, 2.05) is 0 Å². The zero-order valence-corrected chi connectivity index (χ0v) is 8.84. The van der Waals surface area contributed by atoms with Gasteiger partial charge in [-0.15, -0.1) is 0 Å². The average Bonchev–Trinajstić information content (AvgIpc) is 2.18. The summed E-state index contributed by atoms with van der Waals surface area (Å²) in [6.45, 7) is 1.41. The molecular weight excluding hydrogens is 216 g/mol. The molecule has 0 aliphatic rings. The Labute approximate surface area is 91.9 Å². The summed E-state index contributed by atoms with van der Waals surface area (Å²) in [5.74, 6) is -2.78. The molecule has 3 N–H and O–H groups in total. The highest BCUT2D eigenvalue weighted by Gasteiger charge is 2.37. The molecular formula is C11H13F2NO2. The standard InChI is InChI=1S/C11H13F2NO2/c1-2-11(6-14,10(15)16)7-3-8(12)5-9(13)4-7/h3-5H,2,6,14H2,1H3,(H,15,16). The topological polar surface area (TPSA) is 63.3 Å². The van der Waals surface area contributed by atoms with Gasteiger partial charge < -0.3 is 10.8 Å². The van der Waals surface area contributed by atoms with Gasteiger partial charge in [0.25, 0.3) is 0 Å². The van der Waals surface area contributed by atoms with E-state index in [-0.39, 0.29) is 18.5 Å². The lowest BCUT2D eigenvalue weighted by Crippen LogP contribution is -2.42. The maximum absolute atomic E-state index is 13.0. The van der Waals surface area contributed by atoms with E-state index in [2.05, 4.69) is 0 Å². The Morgan fingerprint density at radius 2 is 1.88 bits per heavy atom. The van der Waals surface area contributed by atoms with Gasteiger partial charge in [0.1, 0.15) is 17.0 Å². The normalized spacial score (nSPS) is 14.5. The number of rotatable bonds is 4. The number of carboxylic acid groups (broad SMARTS) is 1. The minimum absolute atomic E-state index is 0.0579. The van der Waals surface area contributed by atoms with Crippen LogP contribution in [0.15, 0.2) is 18.2 Å². The summed E-state index contributed by atoms with van der Waals surface area (Å²) in [5.41, 5.74) is 4.06. The molecule has 0 fully saturated rings. The van der Waals surface area contributed by atoms with Gasteiger partial charge in [0, 0.05) is 12.6 Å². The third-order valence-corrected chi connectivity index (χ3v) is 2.78. The van der Waals surface area contributed by atoms with E-state index < -0.39 is 23.0 Å². The molecule has 1 aromatic rings. The number of hydrogen-bond acceptors (Lipinski definition) is 2. The lowest BCUT2D eigenvalue weighted by molar-refractivity contribution is -0.143. The van der Waals surface area contributed by atoms with E-state index in [0.29, 0.717) is 6.07 Å². The lowest BCUT2D eigenvalue weighted by Gasteiger charge is -2.26. The van der Waals surface area contributed by atoms with E-state index in [4.69, 9.17) is 10.8 Å². The zero-order valence-electron chi connectivity index (χ0n) is 8.84. The molecule has 1 aromatic carbocycles. The third kappa shape index (κ3) is 2.04. The van der Waals surface area contributed by atoms with Crippen LogP contribution in [0.1, 0.15) is 18.9 Å². The Bertz CT molecular complexity index is 383. The van der Waals surface area contributed by atoms with E-state index >= 15 is 0 Å². The van der Waals surface area contributed by atoms with Crippen molar-refractivity contribution in [2.24, 2.45) is 5.73 Å². The minimum Gasteiger partial charge on any atom is -0.481 e. The maximum Gasteiger partial charge on any atom is 0.315 e. The number of nitrogens with two attached hydrogens (primary N) is 1. The van der Waals surface area contributed by atoms with Gasteiger partial charge >= 0.3 is 5.97 Å². The van der Waals surface area contributed by atoms with Crippen molar-refractivity contribution in [1.82, 2.24) is 0 Å². The van der Waals surface area contributed by atoms with Gasteiger partial charge in [-0.3, -0.25) is 4.79 Å². The van der Waals surface area contributed by atoms with Crippen LogP contribution in [0.4, 0.5) is 8.78 Å². The van der Waals surface area contributed by atoms with Gasteiger partial charge in [-0.2, -0.15) is 0 Å². The molecule has 0 aromatic heterocycles. The van der Waals surface area contributed by atoms with Gasteiger partial charge in [-0.25, -0.2) is 8.78 Å². The molecule has 0 radical (unpaired) electrons. The van der Waals surface area contributed by atoms with Gasteiger partial charge in [-0.05, 0) is 24.1 Å². The van der Waals surface area contributed by atoms with Crippen LogP contribution < -0.4 is 5.73 Å². The monoisotopic (exact) mass is 229 g/mol. The van der Waals surface area contributed by atoms with Crippen LogP contribution >= 0.6 is 0 Å². The van der Waals surface area contributed by atoms with Crippen molar-refractivity contribution in [1.29, 1.82) is 0 Å². The first kappa shape index (κ1) is 12.6. The number of carbonyl (C=O) groups is 1. The van der Waals surface area contributed by atoms with Gasteiger partial charge in [0.2, 0.25) is 0 Å². The van der Waals surface area contributed by atoms with Crippen LogP contribution in [0.3, 0.4) is 0 Å². The minimum atomic E-state index is -1.43. The molecule has 0 bridgehead atoms. The van der Waals surface area contributed by atoms with Gasteiger partial charge in [0.15, 0.2) is 0 Å². The summed E-state index contributed by atoms with van der Waals surface area (Å²) in [4.78, 5) is 11.2. The van der Waals surface area contributed by atoms with Crippen LogP contribution in [-0.2, 0) is 10.2 Å². The van der Waals surface area contributed by atoms with Crippen molar-refractivity contribution in [2.75, 3.05) is 6.54 Å². The summed E-state index contributed by atoms with van der Waals surface area (Å²) in [6.07, 6.45) is 0.168. The molecule has 0 spiro atoms. The Balaban J connectivity index is 3.36. The lowest BCUT2D eigenvalue weighted by atomic mass is 9.78. The molecule has 16 heavy (non-hydrogen) atoms. The van der Waals surface area contributed by atoms with Gasteiger partial charge in [0.05, 0.1) is 0 Å². The van der Waals surface area contributed by atoms with Crippen LogP contribution in [0.2, 0.25) is 0 Å². The number of aliphatic carboxylic acids is 1. The Hall–Kier alpha value is -1.49. The highest BCUT2D eigenvalue weighted by Crippen LogP contribution is 2.28. The Morgan fingerprint density at radius 1 is 1.38 bits per heavy atom. The fourth-order valence-corrected chi connectivity index (χ4v) is 1.66. The zero-order chi connectivity index (χ0) is 12.3. The van der Waals surface area contributed by atoms with E-state index in [1.165, 1.54) is 0 Å². The molecule has 1 unspecified atom stereocenters. The Morgan fingerprint density at radius 3 is 2.19 bits per heavy atom. The molecule has 1 atom stereocenters. The predicted octanol–water partition coefficient (Wildman–Crippen LogP) is 1.66. The summed E-state index contributed by atoms with van der Waals surface area (Å²) >= 11 is 0. The Kier molecular flexibility index (Phi) is 3.59. The second-order valence-electron chi connectivity index (χ2n) is 3.60. The fourth-order valence-electron chi connectivity index (χ4n) is 1.66. The van der Waals surface area contributed by atoms with Crippen LogP contribution in [0.25, 0.3) is 0 Å². The summed E-state index contributed by atoms with van der Waals surface area (Å²) in [7, 11) is 0. The third-order valence-electron chi connectivity index (χ3n) is 2.78. The fraction of sp³-hybridized carbons (Fsp3) is 0.364. The first-order valence-electron chi connectivity index (χ1n) is 4.86. The first-order valence-corrected chi connectivity index (χ1v) is 4.86. The highest BCUT2D eigenvalue weighted by atomic mass is 19.1. The van der Waals surface area contributed by atoms with Crippen LogP contribution in [0.5, 0.6) is 0 Å². The van der Waals surface area contributed by atoms with Crippen LogP contribution in [0, 0.1) is 11.6 Å². The number of hydrogen-bond donors (Lipinski definition) is 2. The number of benzene rings is 1. The summed E-state index contributed by atoms with van der Waals surface area (Å²) in [5, 5.41) is 9.13. The first-order chi connectivity index (χ1) is 7.46. The SMILES string of the molecule is CCC(CN)(C(=O)O)c1cc(F)cc(F)c1.